The van der Waals surface area contributed by atoms with Crippen molar-refractivity contribution >= 4 is 15.8 Å². The quantitative estimate of drug-likeness (QED) is 0.478. The first-order valence-electron chi connectivity index (χ1n) is 6.59. The largest absolute Gasteiger partial charge is 0.379 e. The summed E-state index contributed by atoms with van der Waals surface area (Å²) in [5, 5.41) is 10.8. The Balaban J connectivity index is 2.41. The highest BCUT2D eigenvalue weighted by Gasteiger charge is 2.21. The molecule has 2 rings (SSSR count). The molecule has 2 aromatic carbocycles. The average molecular weight is 321 g/mol. The van der Waals surface area contributed by atoms with Crippen LogP contribution in [0.4, 0.5) is 5.69 Å². The Morgan fingerprint density at radius 1 is 1.09 bits per heavy atom. The molecular weight excluding hydrogens is 306 g/mol. The van der Waals surface area contributed by atoms with E-state index >= 15 is 0 Å². The normalized spacial score (nSPS) is 11.4. The third-order valence-corrected chi connectivity index (χ3v) is 4.29. The van der Waals surface area contributed by atoms with Gasteiger partial charge in [-0.1, -0.05) is 38.1 Å². The topological polar surface area (TPSA) is 86.5 Å². The number of hydrogen-bond acceptors (Lipinski definition) is 5. The number of rotatable bonds is 5. The van der Waals surface area contributed by atoms with Crippen LogP contribution in [-0.2, 0) is 10.1 Å². The maximum atomic E-state index is 12.3. The molecule has 22 heavy (non-hydrogen) atoms. The van der Waals surface area contributed by atoms with E-state index in [0.717, 1.165) is 11.6 Å². The van der Waals surface area contributed by atoms with E-state index in [1.165, 1.54) is 18.2 Å². The third-order valence-electron chi connectivity index (χ3n) is 3.06. The number of nitrogens with zero attached hydrogens (tertiary/aromatic N) is 1. The fourth-order valence-electron chi connectivity index (χ4n) is 1.95. The molecule has 0 bridgehead atoms. The van der Waals surface area contributed by atoms with Crippen molar-refractivity contribution in [2.75, 3.05) is 0 Å². The fourth-order valence-corrected chi connectivity index (χ4v) is 2.95. The van der Waals surface area contributed by atoms with Crippen LogP contribution in [-0.4, -0.2) is 13.3 Å². The summed E-state index contributed by atoms with van der Waals surface area (Å²) in [5.41, 5.74) is 0.443. The summed E-state index contributed by atoms with van der Waals surface area (Å²) in [5.74, 6) is 0.306. The zero-order chi connectivity index (χ0) is 16.3. The van der Waals surface area contributed by atoms with Crippen LogP contribution in [0.5, 0.6) is 5.75 Å². The van der Waals surface area contributed by atoms with Gasteiger partial charge < -0.3 is 4.18 Å². The van der Waals surface area contributed by atoms with E-state index < -0.39 is 15.0 Å². The smallest absolute Gasteiger partial charge is 0.339 e. The van der Waals surface area contributed by atoms with Crippen molar-refractivity contribution in [1.82, 2.24) is 0 Å². The Morgan fingerprint density at radius 3 is 2.41 bits per heavy atom. The molecule has 0 amide bonds. The minimum Gasteiger partial charge on any atom is -0.379 e. The second-order valence-electron chi connectivity index (χ2n) is 4.98. The van der Waals surface area contributed by atoms with E-state index in [1.54, 1.807) is 24.3 Å². The van der Waals surface area contributed by atoms with Crippen LogP contribution < -0.4 is 4.18 Å². The summed E-state index contributed by atoms with van der Waals surface area (Å²) < 4.78 is 29.8. The molecule has 0 unspecified atom stereocenters. The van der Waals surface area contributed by atoms with Gasteiger partial charge >= 0.3 is 10.1 Å². The van der Waals surface area contributed by atoms with E-state index in [4.69, 9.17) is 4.18 Å². The van der Waals surface area contributed by atoms with Crippen LogP contribution in [0.25, 0.3) is 0 Å². The second-order valence-corrected chi connectivity index (χ2v) is 6.53. The first-order valence-corrected chi connectivity index (χ1v) is 8.00. The molecule has 0 aliphatic heterocycles. The van der Waals surface area contributed by atoms with Crippen LogP contribution in [0.1, 0.15) is 25.3 Å². The molecule has 0 spiro atoms. The molecule has 0 N–H and O–H groups in total. The SMILES string of the molecule is CC(C)c1ccccc1OS(=O)(=O)c1cccc([N+](=O)[O-])c1. The van der Waals surface area contributed by atoms with Gasteiger partial charge in [-0.25, -0.2) is 0 Å². The third kappa shape index (κ3) is 3.43. The molecule has 0 saturated heterocycles. The number of para-hydroxylation sites is 1. The van der Waals surface area contributed by atoms with Crippen molar-refractivity contribution in [3.8, 4) is 5.75 Å². The number of benzene rings is 2. The predicted octanol–water partition coefficient (Wildman–Crippen LogP) is 3.49. The van der Waals surface area contributed by atoms with E-state index in [0.29, 0.717) is 0 Å². The molecule has 0 radical (unpaired) electrons. The lowest BCUT2D eigenvalue weighted by Crippen LogP contribution is -2.11. The zero-order valence-electron chi connectivity index (χ0n) is 12.1. The summed E-state index contributed by atoms with van der Waals surface area (Å²) in [6.45, 7) is 3.84. The molecule has 0 aliphatic carbocycles. The highest BCUT2D eigenvalue weighted by Crippen LogP contribution is 2.29. The lowest BCUT2D eigenvalue weighted by atomic mass is 10.0. The fraction of sp³-hybridized carbons (Fsp3) is 0.200. The van der Waals surface area contributed by atoms with Gasteiger partial charge in [-0.3, -0.25) is 10.1 Å². The number of nitro groups is 1. The second kappa shape index (κ2) is 6.15. The molecule has 116 valence electrons. The van der Waals surface area contributed by atoms with Gasteiger partial charge in [0.2, 0.25) is 0 Å². The maximum Gasteiger partial charge on any atom is 0.339 e. The monoisotopic (exact) mass is 321 g/mol. The summed E-state index contributed by atoms with van der Waals surface area (Å²) >= 11 is 0. The van der Waals surface area contributed by atoms with Gasteiger partial charge in [0, 0.05) is 12.1 Å². The van der Waals surface area contributed by atoms with Gasteiger partial charge in [-0.05, 0) is 23.6 Å². The summed E-state index contributed by atoms with van der Waals surface area (Å²) in [6, 6.07) is 11.6. The minimum atomic E-state index is -4.13. The number of hydrogen-bond donors (Lipinski definition) is 0. The van der Waals surface area contributed by atoms with Crippen LogP contribution >= 0.6 is 0 Å². The number of non-ortho nitro benzene ring substituents is 1. The average Bonchev–Trinajstić information content (AvgIpc) is 2.47. The number of nitro benzene ring substituents is 1. The van der Waals surface area contributed by atoms with Gasteiger partial charge in [0.15, 0.2) is 0 Å². The Labute approximate surface area is 128 Å². The van der Waals surface area contributed by atoms with Gasteiger partial charge in [-0.15, -0.1) is 0 Å². The molecular formula is C15H15NO5S. The van der Waals surface area contributed by atoms with Crippen LogP contribution in [0.2, 0.25) is 0 Å². The molecule has 2 aromatic rings. The van der Waals surface area contributed by atoms with E-state index in [-0.39, 0.29) is 22.3 Å². The molecule has 6 nitrogen and oxygen atoms in total. The highest BCUT2D eigenvalue weighted by molar-refractivity contribution is 7.87. The van der Waals surface area contributed by atoms with Crippen molar-refractivity contribution < 1.29 is 17.5 Å². The zero-order valence-corrected chi connectivity index (χ0v) is 12.9. The van der Waals surface area contributed by atoms with Crippen molar-refractivity contribution in [1.29, 1.82) is 0 Å². The molecule has 0 heterocycles. The minimum absolute atomic E-state index is 0.0801. The lowest BCUT2D eigenvalue weighted by Gasteiger charge is -2.13. The van der Waals surface area contributed by atoms with Gasteiger partial charge in [0.05, 0.1) is 4.92 Å². The molecule has 0 saturated carbocycles. The molecule has 0 atom stereocenters. The van der Waals surface area contributed by atoms with Crippen molar-refractivity contribution in [2.45, 2.75) is 24.7 Å². The summed E-state index contributed by atoms with van der Waals surface area (Å²) in [7, 11) is -4.13. The van der Waals surface area contributed by atoms with Crippen molar-refractivity contribution in [2.24, 2.45) is 0 Å². The Kier molecular flexibility index (Phi) is 4.46. The van der Waals surface area contributed by atoms with Gasteiger partial charge in [0.25, 0.3) is 5.69 Å². The van der Waals surface area contributed by atoms with Crippen LogP contribution in [0.15, 0.2) is 53.4 Å². The standard InChI is InChI=1S/C15H15NO5S/c1-11(2)14-8-3-4-9-15(14)21-22(19,20)13-7-5-6-12(10-13)16(17)18/h3-11H,1-2H3. The van der Waals surface area contributed by atoms with Crippen molar-refractivity contribution in [3.63, 3.8) is 0 Å². The Morgan fingerprint density at radius 2 is 1.77 bits per heavy atom. The Bertz CT molecular complexity index is 799. The highest BCUT2D eigenvalue weighted by atomic mass is 32.2. The van der Waals surface area contributed by atoms with Gasteiger partial charge in [-0.2, -0.15) is 8.42 Å². The predicted molar refractivity (Wildman–Crippen MR) is 81.4 cm³/mol. The maximum absolute atomic E-state index is 12.3. The van der Waals surface area contributed by atoms with Crippen LogP contribution in [0.3, 0.4) is 0 Å². The Hall–Kier alpha value is -2.41. The van der Waals surface area contributed by atoms with Crippen molar-refractivity contribution in [3.05, 3.63) is 64.2 Å². The summed E-state index contributed by atoms with van der Waals surface area (Å²) in [4.78, 5) is 9.85. The van der Waals surface area contributed by atoms with E-state index in [9.17, 15) is 18.5 Å². The van der Waals surface area contributed by atoms with Gasteiger partial charge in [0.1, 0.15) is 10.6 Å². The van der Waals surface area contributed by atoms with E-state index in [1.807, 2.05) is 13.8 Å². The molecule has 0 fully saturated rings. The van der Waals surface area contributed by atoms with E-state index in [2.05, 4.69) is 0 Å². The molecule has 0 aromatic heterocycles. The molecule has 7 heteroatoms. The molecule has 0 aliphatic rings. The lowest BCUT2D eigenvalue weighted by molar-refractivity contribution is -0.385. The first-order chi connectivity index (χ1) is 10.3. The summed E-state index contributed by atoms with van der Waals surface area (Å²) in [6.07, 6.45) is 0. The van der Waals surface area contributed by atoms with Crippen LogP contribution in [0, 0.1) is 10.1 Å². The first kappa shape index (κ1) is 16.0.